The van der Waals surface area contributed by atoms with Gasteiger partial charge in [0, 0.05) is 0 Å². The maximum absolute atomic E-state index is 3.30. The van der Waals surface area contributed by atoms with E-state index < -0.39 is 0 Å². The van der Waals surface area contributed by atoms with E-state index in [2.05, 4.69) is 55.2 Å². The average Bonchev–Trinajstić information content (AvgIpc) is 2.30. The molecular formula is C13H12P. The minimum Gasteiger partial charge on any atom is -0.0622 e. The monoisotopic (exact) mass is 199 g/mol. The Morgan fingerprint density at radius 1 is 0.929 bits per heavy atom. The third-order valence-corrected chi connectivity index (χ3v) is 4.27. The molecule has 0 spiro atoms. The van der Waals surface area contributed by atoms with Gasteiger partial charge in [-0.2, -0.15) is 0 Å². The Morgan fingerprint density at radius 2 is 1.64 bits per heavy atom. The first kappa shape index (κ1) is 9.43. The Bertz CT molecular complexity index is 341. The van der Waals surface area contributed by atoms with Crippen molar-refractivity contribution in [1.29, 1.82) is 0 Å². The van der Waals surface area contributed by atoms with Crippen molar-refractivity contribution in [3.05, 3.63) is 60.7 Å². The van der Waals surface area contributed by atoms with Crippen molar-refractivity contribution in [1.82, 2.24) is 0 Å². The van der Waals surface area contributed by atoms with Gasteiger partial charge in [0.1, 0.15) is 0 Å². The summed E-state index contributed by atoms with van der Waals surface area (Å²) in [6, 6.07) is 22.1. The van der Waals surface area contributed by atoms with E-state index in [1.54, 1.807) is 0 Å². The Morgan fingerprint density at radius 3 is 2.29 bits per heavy atom. The van der Waals surface area contributed by atoms with Gasteiger partial charge in [0.25, 0.3) is 0 Å². The van der Waals surface area contributed by atoms with Gasteiger partial charge in [0.2, 0.25) is 0 Å². The van der Waals surface area contributed by atoms with Crippen LogP contribution >= 0.6 is 7.92 Å². The number of rotatable bonds is 2. The van der Waals surface area contributed by atoms with E-state index in [1.165, 1.54) is 10.6 Å². The molecule has 1 radical (unpaired) electrons. The van der Waals surface area contributed by atoms with Crippen LogP contribution in [-0.4, -0.2) is 6.66 Å². The summed E-state index contributed by atoms with van der Waals surface area (Å²) >= 11 is 0. The van der Waals surface area contributed by atoms with E-state index in [9.17, 15) is 0 Å². The second kappa shape index (κ2) is 4.39. The van der Waals surface area contributed by atoms with Gasteiger partial charge >= 0.3 is 0 Å². The molecule has 1 atom stereocenters. The lowest BCUT2D eigenvalue weighted by Crippen LogP contribution is -2.09. The maximum Gasteiger partial charge on any atom is -0.00972 e. The van der Waals surface area contributed by atoms with Crippen molar-refractivity contribution in [2.24, 2.45) is 0 Å². The molecule has 2 rings (SSSR count). The van der Waals surface area contributed by atoms with Crippen molar-refractivity contribution in [2.45, 2.75) is 0 Å². The van der Waals surface area contributed by atoms with Crippen LogP contribution in [0.1, 0.15) is 0 Å². The number of hydrogen-bond donors (Lipinski definition) is 0. The molecule has 0 amide bonds. The largest absolute Gasteiger partial charge is 0.0622 e. The minimum atomic E-state index is -0.226. The molecule has 2 aromatic carbocycles. The summed E-state index contributed by atoms with van der Waals surface area (Å²) in [4.78, 5) is 0. The zero-order chi connectivity index (χ0) is 9.80. The first-order chi connectivity index (χ1) is 6.88. The summed E-state index contributed by atoms with van der Waals surface area (Å²) < 4.78 is 0. The Labute approximate surface area is 86.4 Å². The van der Waals surface area contributed by atoms with Crippen LogP contribution in [0.4, 0.5) is 0 Å². The number of hydrogen-bond acceptors (Lipinski definition) is 0. The molecule has 0 saturated heterocycles. The van der Waals surface area contributed by atoms with Gasteiger partial charge in [-0.3, -0.25) is 0 Å². The quantitative estimate of drug-likeness (QED) is 0.652. The van der Waals surface area contributed by atoms with Crippen LogP contribution < -0.4 is 10.6 Å². The second-order valence-corrected chi connectivity index (χ2v) is 5.26. The molecule has 1 heteroatoms. The van der Waals surface area contributed by atoms with E-state index in [0.29, 0.717) is 0 Å². The maximum atomic E-state index is 3.30. The lowest BCUT2D eigenvalue weighted by Gasteiger charge is -2.11. The van der Waals surface area contributed by atoms with Gasteiger partial charge in [0.15, 0.2) is 0 Å². The van der Waals surface area contributed by atoms with Crippen LogP contribution in [0.3, 0.4) is 0 Å². The standard InChI is InChI=1S/C13H12P/c1-14(12-8-4-2-5-9-12)13-10-6-3-7-11-13/h2-10H,1H3. The van der Waals surface area contributed by atoms with E-state index in [0.717, 1.165) is 0 Å². The summed E-state index contributed by atoms with van der Waals surface area (Å²) in [5.74, 6) is 0. The average molecular weight is 199 g/mol. The van der Waals surface area contributed by atoms with Gasteiger partial charge in [0.05, 0.1) is 0 Å². The van der Waals surface area contributed by atoms with Crippen LogP contribution in [0.15, 0.2) is 54.6 Å². The molecule has 0 bridgehead atoms. The van der Waals surface area contributed by atoms with Crippen molar-refractivity contribution in [3.63, 3.8) is 0 Å². The van der Waals surface area contributed by atoms with Crippen LogP contribution in [0, 0.1) is 6.07 Å². The fourth-order valence-electron chi connectivity index (χ4n) is 1.38. The van der Waals surface area contributed by atoms with Crippen LogP contribution in [0.25, 0.3) is 0 Å². The molecule has 0 N–H and O–H groups in total. The molecule has 0 heterocycles. The van der Waals surface area contributed by atoms with Gasteiger partial charge in [-0.1, -0.05) is 54.6 Å². The lowest BCUT2D eigenvalue weighted by molar-refractivity contribution is 1.74. The lowest BCUT2D eigenvalue weighted by atomic mass is 10.4. The highest BCUT2D eigenvalue weighted by Gasteiger charge is 2.05. The van der Waals surface area contributed by atoms with Gasteiger partial charge < -0.3 is 0 Å². The summed E-state index contributed by atoms with van der Waals surface area (Å²) in [7, 11) is -0.226. The predicted octanol–water partition coefficient (Wildman–Crippen LogP) is 2.55. The van der Waals surface area contributed by atoms with Crippen molar-refractivity contribution < 1.29 is 0 Å². The number of benzene rings is 2. The molecule has 0 aliphatic heterocycles. The zero-order valence-corrected chi connectivity index (χ0v) is 9.04. The van der Waals surface area contributed by atoms with Crippen LogP contribution in [-0.2, 0) is 0 Å². The molecule has 2 aromatic rings. The highest BCUT2D eigenvalue weighted by molar-refractivity contribution is 7.72. The molecule has 69 valence electrons. The predicted molar refractivity (Wildman–Crippen MR) is 63.8 cm³/mol. The molecule has 0 aromatic heterocycles. The third-order valence-electron chi connectivity index (χ3n) is 2.20. The van der Waals surface area contributed by atoms with Gasteiger partial charge in [-0.15, -0.1) is 0 Å². The van der Waals surface area contributed by atoms with E-state index in [1.807, 2.05) is 12.1 Å². The fourth-order valence-corrected chi connectivity index (χ4v) is 2.86. The Balaban J connectivity index is 2.30. The summed E-state index contributed by atoms with van der Waals surface area (Å²) in [6.07, 6.45) is 0. The Kier molecular flexibility index (Phi) is 2.96. The molecule has 0 fully saturated rings. The first-order valence-electron chi connectivity index (χ1n) is 4.63. The van der Waals surface area contributed by atoms with Crippen LogP contribution in [0.5, 0.6) is 0 Å². The van der Waals surface area contributed by atoms with E-state index >= 15 is 0 Å². The van der Waals surface area contributed by atoms with Crippen LogP contribution in [0.2, 0.25) is 0 Å². The Hall–Kier alpha value is -1.13. The molecule has 0 saturated carbocycles. The minimum absolute atomic E-state index is 0.226. The highest BCUT2D eigenvalue weighted by atomic mass is 31.1. The molecule has 0 aliphatic rings. The highest BCUT2D eigenvalue weighted by Crippen LogP contribution is 2.27. The van der Waals surface area contributed by atoms with E-state index in [4.69, 9.17) is 0 Å². The summed E-state index contributed by atoms with van der Waals surface area (Å²) in [6.45, 7) is 2.27. The first-order valence-corrected chi connectivity index (χ1v) is 6.42. The molecule has 1 unspecified atom stereocenters. The molecule has 0 aliphatic carbocycles. The van der Waals surface area contributed by atoms with E-state index in [-0.39, 0.29) is 7.92 Å². The molecule has 14 heavy (non-hydrogen) atoms. The van der Waals surface area contributed by atoms with Gasteiger partial charge in [-0.05, 0) is 31.3 Å². The topological polar surface area (TPSA) is 0 Å². The zero-order valence-electron chi connectivity index (χ0n) is 8.14. The SMILES string of the molecule is CP(c1[c]cccc1)c1ccccc1. The third kappa shape index (κ3) is 2.02. The summed E-state index contributed by atoms with van der Waals surface area (Å²) in [5, 5.41) is 2.72. The smallest absolute Gasteiger partial charge is 0.00972 e. The van der Waals surface area contributed by atoms with Gasteiger partial charge in [-0.25, -0.2) is 0 Å². The van der Waals surface area contributed by atoms with Crippen molar-refractivity contribution in [3.8, 4) is 0 Å². The molecular weight excluding hydrogens is 187 g/mol. The van der Waals surface area contributed by atoms with Crippen molar-refractivity contribution in [2.75, 3.05) is 6.66 Å². The normalized spacial score (nSPS) is 10.4. The second-order valence-electron chi connectivity index (χ2n) is 3.14. The fraction of sp³-hybridized carbons (Fsp3) is 0.0769. The van der Waals surface area contributed by atoms with Crippen molar-refractivity contribution >= 4 is 18.5 Å². The summed E-state index contributed by atoms with van der Waals surface area (Å²) in [5.41, 5.74) is 0. The molecule has 0 nitrogen and oxygen atoms in total.